The van der Waals surface area contributed by atoms with E-state index in [1.54, 1.807) is 0 Å². The van der Waals surface area contributed by atoms with E-state index >= 15 is 0 Å². The summed E-state index contributed by atoms with van der Waals surface area (Å²) in [4.78, 5) is 9.84. The molecule has 0 bridgehead atoms. The molecule has 1 radical (unpaired) electrons. The molecular weight excluding hydrogens is 309 g/mol. The van der Waals surface area contributed by atoms with Gasteiger partial charge in [0, 0.05) is 44.1 Å². The first-order chi connectivity index (χ1) is 2.79. The third-order valence-electron chi connectivity index (χ3n) is 0.706. The minimum absolute atomic E-state index is 0. The van der Waals surface area contributed by atoms with E-state index in [2.05, 4.69) is 5.32 Å². The first kappa shape index (κ1) is 7.87. The van der Waals surface area contributed by atoms with E-state index in [1.807, 2.05) is 0 Å². The quantitative estimate of drug-likeness (QED) is 0.554. The fourth-order valence-corrected chi connectivity index (χ4v) is 0.340. The van der Waals surface area contributed by atoms with Crippen molar-refractivity contribution < 1.29 is 54.0 Å². The molecule has 4 heteroatoms. The Kier molecular flexibility index (Phi) is 3.38. The number of amides is 1. The Morgan fingerprint density at radius 2 is 2.29 bits per heavy atom. The Balaban J connectivity index is 0.000000360. The third kappa shape index (κ3) is 2.07. The molecule has 1 aliphatic heterocycles. The molecule has 0 aromatic heterocycles. The summed E-state index contributed by atoms with van der Waals surface area (Å²) in [5.41, 5.74) is 0. The zero-order valence-electron chi connectivity index (χ0n) is 3.72. The van der Waals surface area contributed by atoms with E-state index in [0.717, 1.165) is 0 Å². The predicted octanol–water partition coefficient (Wildman–Crippen LogP) is -1.18. The van der Waals surface area contributed by atoms with Crippen LogP contribution in [-0.2, 0) is 4.79 Å². The number of carbonyl (C=O) groups excluding carboxylic acids is 1. The molecule has 1 atom stereocenters. The third-order valence-corrected chi connectivity index (χ3v) is 0.706. The van der Waals surface area contributed by atoms with Gasteiger partial charge in [-0.05, 0) is 0 Å². The Hall–Kier alpha value is 0.872. The van der Waals surface area contributed by atoms with Crippen molar-refractivity contribution in [1.82, 2.24) is 5.32 Å². The maximum absolute atomic E-state index is 9.84. The van der Waals surface area contributed by atoms with E-state index in [-0.39, 0.29) is 56.4 Å². The second-order valence-corrected chi connectivity index (χ2v) is 1.29. The van der Waals surface area contributed by atoms with Gasteiger partial charge in [-0.25, -0.2) is 0 Å². The number of hydrogen-bond donors (Lipinski definition) is 2. The van der Waals surface area contributed by atoms with E-state index in [9.17, 15) is 4.79 Å². The molecule has 1 fully saturated rings. The number of rotatable bonds is 0. The van der Waals surface area contributed by atoms with Crippen molar-refractivity contribution in [3.05, 3.63) is 0 Å². The van der Waals surface area contributed by atoms with Crippen LogP contribution < -0.4 is 5.32 Å². The minimum Gasteiger partial charge on any atom is -0.373 e. The summed E-state index contributed by atoms with van der Waals surface area (Å²) in [6, 6.07) is 0. The maximum Gasteiger partial charge on any atom is 0.226 e. The molecular formula is C3H5AcNO2. The molecule has 37 valence electrons. The summed E-state index contributed by atoms with van der Waals surface area (Å²) in [5.74, 6) is -0.0671. The molecule has 1 amide bonds. The second-order valence-electron chi connectivity index (χ2n) is 1.29. The molecule has 1 rings (SSSR count). The normalized spacial score (nSPS) is 27.0. The van der Waals surface area contributed by atoms with Crippen molar-refractivity contribution >= 4 is 5.91 Å². The standard InChI is InChI=1S/C3H5NO2.Ac/c5-2-1-3(6)4-2;/h2,5H,1H2,(H,4,6);. The Labute approximate surface area is 77.0 Å². The summed E-state index contributed by atoms with van der Waals surface area (Å²) < 4.78 is 0. The number of aliphatic hydroxyl groups is 1. The first-order valence-corrected chi connectivity index (χ1v) is 1.76. The van der Waals surface area contributed by atoms with Crippen molar-refractivity contribution in [3.63, 3.8) is 0 Å². The summed E-state index contributed by atoms with van der Waals surface area (Å²) in [6.07, 6.45) is -0.280. The molecule has 0 aromatic carbocycles. The van der Waals surface area contributed by atoms with Crippen LogP contribution in [0.3, 0.4) is 0 Å². The average molecular weight is 314 g/mol. The van der Waals surface area contributed by atoms with Gasteiger partial charge in [0.1, 0.15) is 6.23 Å². The number of β-lactam (4-membered cyclic amide) rings is 1. The summed E-state index contributed by atoms with van der Waals surface area (Å²) in [7, 11) is 0. The molecule has 0 aromatic rings. The fourth-order valence-electron chi connectivity index (χ4n) is 0.340. The van der Waals surface area contributed by atoms with E-state index < -0.39 is 6.23 Å². The van der Waals surface area contributed by atoms with Crippen molar-refractivity contribution in [3.8, 4) is 0 Å². The zero-order chi connectivity index (χ0) is 4.57. The molecule has 1 aliphatic rings. The Morgan fingerprint density at radius 1 is 1.86 bits per heavy atom. The van der Waals surface area contributed by atoms with Gasteiger partial charge in [0.25, 0.3) is 0 Å². The molecule has 0 saturated carbocycles. The Bertz CT molecular complexity index is 77.0. The van der Waals surface area contributed by atoms with Crippen LogP contribution >= 0.6 is 0 Å². The Morgan fingerprint density at radius 3 is 2.29 bits per heavy atom. The number of hydrogen-bond acceptors (Lipinski definition) is 2. The smallest absolute Gasteiger partial charge is 0.226 e. The molecule has 1 saturated heterocycles. The summed E-state index contributed by atoms with van der Waals surface area (Å²) >= 11 is 0. The largest absolute Gasteiger partial charge is 0.373 e. The summed E-state index contributed by atoms with van der Waals surface area (Å²) in [5, 5.41) is 10.5. The second kappa shape index (κ2) is 3.01. The number of carbonyl (C=O) groups is 1. The minimum atomic E-state index is -0.558. The van der Waals surface area contributed by atoms with Crippen LogP contribution in [0.2, 0.25) is 0 Å². The van der Waals surface area contributed by atoms with Gasteiger partial charge in [-0.1, -0.05) is 0 Å². The molecule has 2 N–H and O–H groups in total. The van der Waals surface area contributed by atoms with Crippen LogP contribution in [0.25, 0.3) is 0 Å². The van der Waals surface area contributed by atoms with Crippen LogP contribution in [0.15, 0.2) is 0 Å². The van der Waals surface area contributed by atoms with E-state index in [1.165, 1.54) is 0 Å². The molecule has 7 heavy (non-hydrogen) atoms. The van der Waals surface area contributed by atoms with Gasteiger partial charge < -0.3 is 10.4 Å². The SMILES string of the molecule is O=C1CC(O)N1.[Ac]. The van der Waals surface area contributed by atoms with Crippen molar-refractivity contribution in [1.29, 1.82) is 0 Å². The predicted molar refractivity (Wildman–Crippen MR) is 18.8 cm³/mol. The van der Waals surface area contributed by atoms with Crippen LogP contribution in [0.5, 0.6) is 0 Å². The molecule has 1 heterocycles. The first-order valence-electron chi connectivity index (χ1n) is 1.76. The number of nitrogens with one attached hydrogen (secondary N) is 1. The molecule has 0 aliphatic carbocycles. The fraction of sp³-hybridized carbons (Fsp3) is 0.667. The van der Waals surface area contributed by atoms with Crippen LogP contribution in [0, 0.1) is 44.1 Å². The molecule has 0 spiro atoms. The van der Waals surface area contributed by atoms with Crippen molar-refractivity contribution in [2.24, 2.45) is 0 Å². The van der Waals surface area contributed by atoms with Crippen LogP contribution in [-0.4, -0.2) is 17.2 Å². The van der Waals surface area contributed by atoms with Crippen molar-refractivity contribution in [2.75, 3.05) is 0 Å². The summed E-state index contributed by atoms with van der Waals surface area (Å²) in [6.45, 7) is 0. The van der Waals surface area contributed by atoms with Gasteiger partial charge in [-0.15, -0.1) is 0 Å². The van der Waals surface area contributed by atoms with Gasteiger partial charge in [0.2, 0.25) is 5.91 Å². The van der Waals surface area contributed by atoms with Crippen molar-refractivity contribution in [2.45, 2.75) is 12.6 Å². The van der Waals surface area contributed by atoms with Gasteiger partial charge in [-0.2, -0.15) is 0 Å². The van der Waals surface area contributed by atoms with Gasteiger partial charge in [0.05, 0.1) is 6.42 Å². The molecule has 1 unspecified atom stereocenters. The van der Waals surface area contributed by atoms with Gasteiger partial charge in [-0.3, -0.25) is 4.79 Å². The maximum atomic E-state index is 9.84. The topological polar surface area (TPSA) is 49.3 Å². The van der Waals surface area contributed by atoms with Gasteiger partial charge in [0.15, 0.2) is 0 Å². The van der Waals surface area contributed by atoms with E-state index in [4.69, 9.17) is 5.11 Å². The van der Waals surface area contributed by atoms with E-state index in [0.29, 0.717) is 0 Å². The number of aliphatic hydroxyl groups excluding tert-OH is 1. The molecule has 3 nitrogen and oxygen atoms in total. The zero-order valence-corrected chi connectivity index (χ0v) is 8.46. The van der Waals surface area contributed by atoms with Crippen LogP contribution in [0.1, 0.15) is 6.42 Å². The monoisotopic (exact) mass is 314 g/mol. The van der Waals surface area contributed by atoms with Crippen LogP contribution in [0.4, 0.5) is 0 Å². The van der Waals surface area contributed by atoms with Gasteiger partial charge >= 0.3 is 0 Å². The average Bonchev–Trinajstić information content (AvgIpc) is 1.33.